The second kappa shape index (κ2) is 6.21. The third kappa shape index (κ3) is 3.28. The van der Waals surface area contributed by atoms with Crippen LogP contribution in [0, 0.1) is 0 Å². The van der Waals surface area contributed by atoms with Crippen LogP contribution in [0.4, 0.5) is 0 Å². The lowest BCUT2D eigenvalue weighted by Gasteiger charge is -2.07. The number of aromatic carboxylic acids is 1. The molecule has 0 radical (unpaired) electrons. The molecule has 0 atom stereocenters. The highest BCUT2D eigenvalue weighted by atomic mass is 16.4. The Morgan fingerprint density at radius 2 is 1.95 bits per heavy atom. The van der Waals surface area contributed by atoms with Gasteiger partial charge in [0.1, 0.15) is 0 Å². The Balaban J connectivity index is 2.14. The fraction of sp³-hybridized carbons (Fsp3) is 0.267. The molecule has 0 aliphatic rings. The maximum atomic E-state index is 12.1. The molecule has 0 aliphatic carbocycles. The fourth-order valence-electron chi connectivity index (χ4n) is 2.17. The maximum absolute atomic E-state index is 12.1. The van der Waals surface area contributed by atoms with Crippen LogP contribution in [-0.2, 0) is 20.0 Å². The highest BCUT2D eigenvalue weighted by molar-refractivity contribution is 6.04. The van der Waals surface area contributed by atoms with E-state index in [1.165, 1.54) is 12.1 Å². The Hall–Kier alpha value is -2.63. The highest BCUT2D eigenvalue weighted by Crippen LogP contribution is 2.10. The van der Waals surface area contributed by atoms with Crippen LogP contribution >= 0.6 is 0 Å². The van der Waals surface area contributed by atoms with Crippen LogP contribution in [0.5, 0.6) is 0 Å². The SMILES string of the molecule is CCc1nn(C)cc1CNC(=O)c1ccccc1C(=O)O. The van der Waals surface area contributed by atoms with Gasteiger partial charge in [0.2, 0.25) is 0 Å². The molecule has 2 N–H and O–H groups in total. The molecular formula is C15H17N3O3. The molecular weight excluding hydrogens is 270 g/mol. The molecule has 2 aromatic rings. The van der Waals surface area contributed by atoms with E-state index in [0.717, 1.165) is 17.7 Å². The van der Waals surface area contributed by atoms with Crippen molar-refractivity contribution in [3.05, 3.63) is 52.8 Å². The van der Waals surface area contributed by atoms with E-state index in [4.69, 9.17) is 5.11 Å². The first-order valence-electron chi connectivity index (χ1n) is 6.64. The number of carbonyl (C=O) groups excluding carboxylic acids is 1. The number of hydrogen-bond donors (Lipinski definition) is 2. The van der Waals surface area contributed by atoms with Crippen molar-refractivity contribution in [2.45, 2.75) is 19.9 Å². The quantitative estimate of drug-likeness (QED) is 0.875. The molecule has 0 saturated heterocycles. The average molecular weight is 287 g/mol. The summed E-state index contributed by atoms with van der Waals surface area (Å²) in [4.78, 5) is 23.3. The number of benzene rings is 1. The highest BCUT2D eigenvalue weighted by Gasteiger charge is 2.16. The first-order valence-corrected chi connectivity index (χ1v) is 6.64. The Bertz CT molecular complexity index is 677. The van der Waals surface area contributed by atoms with Gasteiger partial charge in [-0.05, 0) is 18.6 Å². The fourth-order valence-corrected chi connectivity index (χ4v) is 2.17. The number of rotatable bonds is 5. The molecule has 1 amide bonds. The van der Waals surface area contributed by atoms with Gasteiger partial charge in [0, 0.05) is 25.4 Å². The summed E-state index contributed by atoms with van der Waals surface area (Å²) in [6.07, 6.45) is 2.62. The number of nitrogens with zero attached hydrogens (tertiary/aromatic N) is 2. The summed E-state index contributed by atoms with van der Waals surface area (Å²) in [7, 11) is 1.82. The molecule has 1 aromatic carbocycles. The Labute approximate surface area is 122 Å². The van der Waals surface area contributed by atoms with E-state index in [0.29, 0.717) is 6.54 Å². The number of nitrogens with one attached hydrogen (secondary N) is 1. The van der Waals surface area contributed by atoms with Crippen molar-refractivity contribution in [3.8, 4) is 0 Å². The lowest BCUT2D eigenvalue weighted by molar-refractivity contribution is 0.0691. The van der Waals surface area contributed by atoms with Crippen LogP contribution in [0.15, 0.2) is 30.5 Å². The van der Waals surface area contributed by atoms with Gasteiger partial charge >= 0.3 is 5.97 Å². The lowest BCUT2D eigenvalue weighted by Crippen LogP contribution is -2.25. The van der Waals surface area contributed by atoms with E-state index in [1.54, 1.807) is 16.8 Å². The summed E-state index contributed by atoms with van der Waals surface area (Å²) in [5, 5.41) is 16.1. The van der Waals surface area contributed by atoms with Crippen molar-refractivity contribution in [2.24, 2.45) is 7.05 Å². The summed E-state index contributed by atoms with van der Waals surface area (Å²) in [5.41, 5.74) is 2.01. The second-order valence-corrected chi connectivity index (χ2v) is 4.66. The molecule has 0 bridgehead atoms. The molecule has 1 aromatic heterocycles. The van der Waals surface area contributed by atoms with Crippen molar-refractivity contribution in [1.29, 1.82) is 0 Å². The van der Waals surface area contributed by atoms with Crippen molar-refractivity contribution < 1.29 is 14.7 Å². The molecule has 0 saturated carbocycles. The van der Waals surface area contributed by atoms with E-state index in [2.05, 4.69) is 10.4 Å². The Morgan fingerprint density at radius 1 is 1.29 bits per heavy atom. The molecule has 0 spiro atoms. The van der Waals surface area contributed by atoms with Crippen LogP contribution in [0.2, 0.25) is 0 Å². The number of carboxylic acid groups (broad SMARTS) is 1. The van der Waals surface area contributed by atoms with E-state index in [-0.39, 0.29) is 11.1 Å². The third-order valence-corrected chi connectivity index (χ3v) is 3.17. The standard InChI is InChI=1S/C15H17N3O3/c1-3-13-10(9-18(2)17-13)8-16-14(19)11-6-4-5-7-12(11)15(20)21/h4-7,9H,3,8H2,1-2H3,(H,16,19)(H,20,21). The van der Waals surface area contributed by atoms with Gasteiger partial charge in [-0.1, -0.05) is 19.1 Å². The van der Waals surface area contributed by atoms with Gasteiger partial charge < -0.3 is 10.4 Å². The second-order valence-electron chi connectivity index (χ2n) is 4.66. The van der Waals surface area contributed by atoms with Crippen molar-refractivity contribution >= 4 is 11.9 Å². The average Bonchev–Trinajstić information content (AvgIpc) is 2.84. The van der Waals surface area contributed by atoms with Crippen LogP contribution in [0.3, 0.4) is 0 Å². The van der Waals surface area contributed by atoms with Crippen LogP contribution < -0.4 is 5.32 Å². The van der Waals surface area contributed by atoms with Gasteiger partial charge in [-0.25, -0.2) is 4.79 Å². The van der Waals surface area contributed by atoms with Gasteiger partial charge in [0.15, 0.2) is 0 Å². The summed E-state index contributed by atoms with van der Waals surface area (Å²) in [6, 6.07) is 6.15. The molecule has 110 valence electrons. The topological polar surface area (TPSA) is 84.2 Å². The van der Waals surface area contributed by atoms with Gasteiger partial charge in [-0.15, -0.1) is 0 Å². The van der Waals surface area contributed by atoms with Gasteiger partial charge in [0.25, 0.3) is 5.91 Å². The lowest BCUT2D eigenvalue weighted by atomic mass is 10.1. The van der Waals surface area contributed by atoms with Crippen LogP contribution in [0.1, 0.15) is 38.9 Å². The largest absolute Gasteiger partial charge is 0.478 e. The number of amides is 1. The monoisotopic (exact) mass is 287 g/mol. The number of carbonyl (C=O) groups is 2. The van der Waals surface area contributed by atoms with E-state index < -0.39 is 11.9 Å². The Morgan fingerprint density at radius 3 is 2.57 bits per heavy atom. The minimum atomic E-state index is -1.11. The van der Waals surface area contributed by atoms with E-state index >= 15 is 0 Å². The predicted molar refractivity (Wildman–Crippen MR) is 77.2 cm³/mol. The zero-order chi connectivity index (χ0) is 15.4. The third-order valence-electron chi connectivity index (χ3n) is 3.17. The number of aromatic nitrogens is 2. The van der Waals surface area contributed by atoms with Gasteiger partial charge in [0.05, 0.1) is 16.8 Å². The maximum Gasteiger partial charge on any atom is 0.336 e. The summed E-state index contributed by atoms with van der Waals surface area (Å²) in [6.45, 7) is 2.32. The smallest absolute Gasteiger partial charge is 0.336 e. The zero-order valence-corrected chi connectivity index (χ0v) is 12.0. The number of carboxylic acids is 1. The molecule has 0 unspecified atom stereocenters. The zero-order valence-electron chi connectivity index (χ0n) is 12.0. The number of aryl methyl sites for hydroxylation is 2. The molecule has 6 heteroatoms. The summed E-state index contributed by atoms with van der Waals surface area (Å²) in [5.74, 6) is -1.52. The molecule has 2 rings (SSSR count). The molecule has 1 heterocycles. The van der Waals surface area contributed by atoms with E-state index in [9.17, 15) is 9.59 Å². The van der Waals surface area contributed by atoms with Crippen molar-refractivity contribution in [2.75, 3.05) is 0 Å². The minimum absolute atomic E-state index is 0.00287. The van der Waals surface area contributed by atoms with Gasteiger partial charge in [-0.3, -0.25) is 9.48 Å². The first kappa shape index (κ1) is 14.8. The predicted octanol–water partition coefficient (Wildman–Crippen LogP) is 1.61. The summed E-state index contributed by atoms with van der Waals surface area (Å²) >= 11 is 0. The van der Waals surface area contributed by atoms with E-state index in [1.807, 2.05) is 20.2 Å². The molecule has 0 aliphatic heterocycles. The molecule has 21 heavy (non-hydrogen) atoms. The van der Waals surface area contributed by atoms with Crippen molar-refractivity contribution in [1.82, 2.24) is 15.1 Å². The normalized spacial score (nSPS) is 10.4. The first-order chi connectivity index (χ1) is 10.0. The van der Waals surface area contributed by atoms with Crippen LogP contribution in [0.25, 0.3) is 0 Å². The molecule has 6 nitrogen and oxygen atoms in total. The number of hydrogen-bond acceptors (Lipinski definition) is 3. The van der Waals surface area contributed by atoms with Crippen molar-refractivity contribution in [3.63, 3.8) is 0 Å². The van der Waals surface area contributed by atoms with Crippen LogP contribution in [-0.4, -0.2) is 26.8 Å². The summed E-state index contributed by atoms with van der Waals surface area (Å²) < 4.78 is 1.70. The molecule has 0 fully saturated rings. The Kier molecular flexibility index (Phi) is 4.37. The minimum Gasteiger partial charge on any atom is -0.478 e. The van der Waals surface area contributed by atoms with Gasteiger partial charge in [-0.2, -0.15) is 5.10 Å².